The van der Waals surface area contributed by atoms with Gasteiger partial charge in [-0.2, -0.15) is 0 Å². The molecule has 0 amide bonds. The van der Waals surface area contributed by atoms with Crippen molar-refractivity contribution in [1.82, 2.24) is 14.4 Å². The Kier molecular flexibility index (Phi) is 5.28. The molecule has 9 heteroatoms. The van der Waals surface area contributed by atoms with Crippen LogP contribution in [0.2, 0.25) is 5.15 Å². The zero-order valence-electron chi connectivity index (χ0n) is 16.3. The van der Waals surface area contributed by atoms with Crippen LogP contribution in [0.4, 0.5) is 21.8 Å². The molecule has 1 aromatic carbocycles. The summed E-state index contributed by atoms with van der Waals surface area (Å²) >= 11 is 6.04. The van der Waals surface area contributed by atoms with Gasteiger partial charge in [0, 0.05) is 17.8 Å². The average molecular weight is 435 g/mol. The Morgan fingerprint density at radius 3 is 2.68 bits per heavy atom. The minimum atomic E-state index is -0.514. The molecule has 3 aromatic heterocycles. The number of nitrogen functional groups attached to an aromatic ring is 1. The Bertz CT molecular complexity index is 1400. The lowest BCUT2D eigenvalue weighted by Crippen LogP contribution is -2.21. The summed E-state index contributed by atoms with van der Waals surface area (Å²) in [6.07, 6.45) is 1.16. The van der Waals surface area contributed by atoms with E-state index in [1.165, 1.54) is 16.5 Å². The molecule has 31 heavy (non-hydrogen) atoms. The van der Waals surface area contributed by atoms with Crippen molar-refractivity contribution in [2.45, 2.75) is 13.0 Å². The molecule has 0 aliphatic carbocycles. The number of aromatic nitrogens is 3. The van der Waals surface area contributed by atoms with Crippen LogP contribution in [-0.4, -0.2) is 14.4 Å². The van der Waals surface area contributed by atoms with E-state index in [2.05, 4.69) is 20.1 Å². The lowest BCUT2D eigenvalue weighted by Gasteiger charge is -2.20. The minimum Gasteiger partial charge on any atom is -0.372 e. The quantitative estimate of drug-likeness (QED) is 0.354. The largest absolute Gasteiger partial charge is 0.372 e. The molecule has 1 atom stereocenters. The van der Waals surface area contributed by atoms with E-state index in [4.69, 9.17) is 23.9 Å². The molecule has 4 aromatic rings. The van der Waals surface area contributed by atoms with Gasteiger partial charge in [-0.25, -0.2) is 19.2 Å². The summed E-state index contributed by atoms with van der Waals surface area (Å²) in [4.78, 5) is 24.6. The number of hydrogen-bond acceptors (Lipinski definition) is 5. The summed E-state index contributed by atoms with van der Waals surface area (Å²) in [6.45, 7) is 9.20. The lowest BCUT2D eigenvalue weighted by atomic mass is 9.96. The Balaban J connectivity index is 1.92. The first-order valence-corrected chi connectivity index (χ1v) is 9.64. The lowest BCUT2D eigenvalue weighted by molar-refractivity contribution is 0.618. The number of hydrogen-bond donors (Lipinski definition) is 2. The van der Waals surface area contributed by atoms with Crippen LogP contribution in [0.3, 0.4) is 0 Å². The van der Waals surface area contributed by atoms with Crippen LogP contribution in [0.5, 0.6) is 0 Å². The highest BCUT2D eigenvalue weighted by Crippen LogP contribution is 2.35. The van der Waals surface area contributed by atoms with E-state index in [-0.39, 0.29) is 28.2 Å². The Morgan fingerprint density at radius 2 is 1.97 bits per heavy atom. The van der Waals surface area contributed by atoms with E-state index >= 15 is 0 Å². The average Bonchev–Trinajstić information content (AvgIpc) is 2.74. The summed E-state index contributed by atoms with van der Waals surface area (Å²) in [5.41, 5.74) is 7.62. The van der Waals surface area contributed by atoms with Gasteiger partial charge in [0.05, 0.1) is 12.1 Å². The normalized spacial score (nSPS) is 11.8. The van der Waals surface area contributed by atoms with Crippen LogP contribution in [0.15, 0.2) is 59.5 Å². The van der Waals surface area contributed by atoms with Gasteiger partial charge in [0.2, 0.25) is 5.95 Å². The molecule has 154 valence electrons. The van der Waals surface area contributed by atoms with E-state index < -0.39 is 11.9 Å². The van der Waals surface area contributed by atoms with Crippen molar-refractivity contribution >= 4 is 34.6 Å². The predicted molar refractivity (Wildman–Crippen MR) is 119 cm³/mol. The Labute approximate surface area is 181 Å². The van der Waals surface area contributed by atoms with E-state index in [0.29, 0.717) is 22.2 Å². The molecule has 3 N–H and O–H groups in total. The first-order valence-electron chi connectivity index (χ1n) is 9.26. The van der Waals surface area contributed by atoms with E-state index in [9.17, 15) is 9.18 Å². The standard InChI is InChI=1S/C22H16ClFN6O/c1-12(27-20-18(26-2)19(23)28-22(25)29-20)16-10-15-9-8-14(24)11-30(15)21(31)17(16)13-6-4-3-5-7-13/h3-12H,1H3,(H3,25,27,28,29)/t12-/m0/s1. The topological polar surface area (TPSA) is 89.7 Å². The molecule has 0 radical (unpaired) electrons. The summed E-state index contributed by atoms with van der Waals surface area (Å²) < 4.78 is 15.1. The van der Waals surface area contributed by atoms with E-state index in [1.807, 2.05) is 37.3 Å². The molecule has 0 aliphatic heterocycles. The summed E-state index contributed by atoms with van der Waals surface area (Å²) in [7, 11) is 0. The zero-order valence-corrected chi connectivity index (χ0v) is 17.1. The van der Waals surface area contributed by atoms with Crippen LogP contribution >= 0.6 is 11.6 Å². The number of nitrogens with one attached hydrogen (secondary N) is 1. The second-order valence-electron chi connectivity index (χ2n) is 6.84. The van der Waals surface area contributed by atoms with E-state index in [0.717, 1.165) is 6.20 Å². The molecule has 0 saturated heterocycles. The van der Waals surface area contributed by atoms with Gasteiger partial charge < -0.3 is 11.1 Å². The predicted octanol–water partition coefficient (Wildman–Crippen LogP) is 4.86. The number of nitrogens with two attached hydrogens (primary N) is 1. The van der Waals surface area contributed by atoms with Crippen molar-refractivity contribution in [3.63, 3.8) is 0 Å². The van der Waals surface area contributed by atoms with Crippen molar-refractivity contribution in [2.24, 2.45) is 0 Å². The van der Waals surface area contributed by atoms with Gasteiger partial charge in [0.15, 0.2) is 0 Å². The highest BCUT2D eigenvalue weighted by atomic mass is 35.5. The third-order valence-corrected chi connectivity index (χ3v) is 5.08. The number of halogens is 2. The fourth-order valence-corrected chi connectivity index (χ4v) is 3.64. The van der Waals surface area contributed by atoms with Crippen molar-refractivity contribution in [3.05, 3.63) is 93.0 Å². The maximum absolute atomic E-state index is 13.8. The van der Waals surface area contributed by atoms with Gasteiger partial charge in [-0.3, -0.25) is 9.20 Å². The first-order chi connectivity index (χ1) is 14.9. The molecular formula is C22H16ClFN6O. The third kappa shape index (κ3) is 3.79. The van der Waals surface area contributed by atoms with Gasteiger partial charge in [0.1, 0.15) is 16.8 Å². The fourth-order valence-electron chi connectivity index (χ4n) is 3.42. The molecule has 0 spiro atoms. The summed E-state index contributed by atoms with van der Waals surface area (Å²) in [5, 5.41) is 3.06. The van der Waals surface area contributed by atoms with Crippen molar-refractivity contribution in [1.29, 1.82) is 0 Å². The molecule has 0 fully saturated rings. The number of fused-ring (bicyclic) bond motifs is 1. The summed E-state index contributed by atoms with van der Waals surface area (Å²) in [6, 6.07) is 13.3. The maximum Gasteiger partial charge on any atom is 0.264 e. The van der Waals surface area contributed by atoms with Gasteiger partial charge in [-0.05, 0) is 36.2 Å². The second kappa shape index (κ2) is 8.05. The molecule has 0 saturated carbocycles. The number of pyridine rings is 2. The number of benzene rings is 1. The van der Waals surface area contributed by atoms with Gasteiger partial charge in [-0.15, -0.1) is 0 Å². The minimum absolute atomic E-state index is 0.0311. The van der Waals surface area contributed by atoms with Crippen LogP contribution < -0.4 is 16.6 Å². The molecule has 7 nitrogen and oxygen atoms in total. The monoisotopic (exact) mass is 434 g/mol. The molecular weight excluding hydrogens is 419 g/mol. The van der Waals surface area contributed by atoms with Crippen molar-refractivity contribution < 1.29 is 4.39 Å². The van der Waals surface area contributed by atoms with Gasteiger partial charge >= 0.3 is 0 Å². The third-order valence-electron chi connectivity index (χ3n) is 4.82. The van der Waals surface area contributed by atoms with Crippen LogP contribution in [0.1, 0.15) is 18.5 Å². The molecule has 0 bridgehead atoms. The van der Waals surface area contributed by atoms with Crippen LogP contribution in [0, 0.1) is 12.4 Å². The molecule has 0 unspecified atom stereocenters. The number of anilines is 2. The first kappa shape index (κ1) is 20.3. The van der Waals surface area contributed by atoms with Gasteiger partial charge in [0.25, 0.3) is 11.2 Å². The van der Waals surface area contributed by atoms with Crippen molar-refractivity contribution in [3.8, 4) is 11.1 Å². The van der Waals surface area contributed by atoms with E-state index in [1.54, 1.807) is 6.07 Å². The number of nitrogens with zero attached hydrogens (tertiary/aromatic N) is 4. The highest BCUT2D eigenvalue weighted by Gasteiger charge is 2.21. The maximum atomic E-state index is 13.8. The van der Waals surface area contributed by atoms with Gasteiger partial charge in [-0.1, -0.05) is 41.9 Å². The van der Waals surface area contributed by atoms with Crippen LogP contribution in [0.25, 0.3) is 21.5 Å². The smallest absolute Gasteiger partial charge is 0.264 e. The highest BCUT2D eigenvalue weighted by molar-refractivity contribution is 6.32. The Morgan fingerprint density at radius 1 is 1.23 bits per heavy atom. The fraction of sp³-hybridized carbons (Fsp3) is 0.0909. The molecule has 0 aliphatic rings. The molecule has 3 heterocycles. The van der Waals surface area contributed by atoms with Crippen molar-refractivity contribution in [2.75, 3.05) is 11.1 Å². The Hall–Kier alpha value is -3.96. The SMILES string of the molecule is [C-]#[N+]c1c(Cl)nc(N)nc1N[C@@H](C)c1cc2ccc(F)cn2c(=O)c1-c1ccccc1. The van der Waals surface area contributed by atoms with Crippen LogP contribution in [-0.2, 0) is 0 Å². The zero-order chi connectivity index (χ0) is 22.1. The second-order valence-corrected chi connectivity index (χ2v) is 7.19. The molecule has 4 rings (SSSR count). The summed E-state index contributed by atoms with van der Waals surface area (Å²) in [5.74, 6) is -0.428. The number of rotatable bonds is 4.